The number of nitrogens with one attached hydrogen (secondary N) is 1. The summed E-state index contributed by atoms with van der Waals surface area (Å²) in [5.41, 5.74) is 5.27. The number of thiazole rings is 1. The minimum Gasteiger partial charge on any atom is -0.477 e. The van der Waals surface area contributed by atoms with Crippen LogP contribution in [-0.2, 0) is 13.0 Å². The molecule has 0 saturated carbocycles. The van der Waals surface area contributed by atoms with Gasteiger partial charge in [-0.2, -0.15) is 0 Å². The van der Waals surface area contributed by atoms with Gasteiger partial charge in [0.05, 0.1) is 17.8 Å². The zero-order chi connectivity index (χ0) is 15.2. The predicted octanol–water partition coefficient (Wildman–Crippen LogP) is 3.31. The number of nitrogens with zero attached hydrogens (tertiary/aromatic N) is 2. The van der Waals surface area contributed by atoms with Gasteiger partial charge in [0.25, 0.3) is 0 Å². The van der Waals surface area contributed by atoms with Crippen molar-refractivity contribution in [1.29, 1.82) is 0 Å². The smallest absolute Gasteiger partial charge is 0.213 e. The highest BCUT2D eigenvalue weighted by Crippen LogP contribution is 2.20. The molecule has 0 atom stereocenters. The Bertz CT molecular complexity index is 581. The highest BCUT2D eigenvalue weighted by Gasteiger charge is 2.08. The second-order valence-electron chi connectivity index (χ2n) is 5.38. The average molecular weight is 305 g/mol. The largest absolute Gasteiger partial charge is 0.477 e. The van der Waals surface area contributed by atoms with Crippen LogP contribution >= 0.6 is 11.3 Å². The van der Waals surface area contributed by atoms with Gasteiger partial charge in [-0.15, -0.1) is 11.3 Å². The van der Waals surface area contributed by atoms with E-state index in [4.69, 9.17) is 4.74 Å². The van der Waals surface area contributed by atoms with E-state index in [0.29, 0.717) is 18.4 Å². The molecule has 0 bridgehead atoms. The van der Waals surface area contributed by atoms with Gasteiger partial charge in [0, 0.05) is 29.6 Å². The van der Waals surface area contributed by atoms with Crippen molar-refractivity contribution >= 4 is 11.3 Å². The fraction of sp³-hybridized carbons (Fsp3) is 0.500. The third kappa shape index (κ3) is 4.51. The number of pyridine rings is 1. The fourth-order valence-corrected chi connectivity index (χ4v) is 2.83. The van der Waals surface area contributed by atoms with Crippen molar-refractivity contribution in [3.8, 4) is 5.88 Å². The van der Waals surface area contributed by atoms with Gasteiger partial charge in [-0.25, -0.2) is 9.97 Å². The number of ether oxygens (including phenoxy) is 1. The number of aromatic nitrogens is 2. The van der Waals surface area contributed by atoms with E-state index in [1.165, 1.54) is 10.4 Å². The minimum absolute atomic E-state index is 0.396. The molecule has 0 aromatic carbocycles. The fourth-order valence-electron chi connectivity index (χ4n) is 2.07. The third-order valence-electron chi connectivity index (χ3n) is 3.28. The van der Waals surface area contributed by atoms with Gasteiger partial charge in [0.15, 0.2) is 0 Å². The first-order valence-corrected chi connectivity index (χ1v) is 8.15. The van der Waals surface area contributed by atoms with E-state index < -0.39 is 0 Å². The van der Waals surface area contributed by atoms with Crippen molar-refractivity contribution < 1.29 is 4.74 Å². The van der Waals surface area contributed by atoms with Gasteiger partial charge >= 0.3 is 0 Å². The molecule has 0 unspecified atom stereocenters. The van der Waals surface area contributed by atoms with Crippen LogP contribution in [0, 0.1) is 6.92 Å². The molecule has 0 fully saturated rings. The van der Waals surface area contributed by atoms with Crippen LogP contribution in [0.3, 0.4) is 0 Å². The summed E-state index contributed by atoms with van der Waals surface area (Å²) in [6.07, 6.45) is 0.880. The van der Waals surface area contributed by atoms with Gasteiger partial charge in [0.1, 0.15) is 0 Å². The van der Waals surface area contributed by atoms with Crippen LogP contribution in [-0.4, -0.2) is 23.6 Å². The van der Waals surface area contributed by atoms with E-state index in [1.54, 1.807) is 11.3 Å². The topological polar surface area (TPSA) is 47.0 Å². The average Bonchev–Trinajstić information content (AvgIpc) is 2.84. The molecule has 114 valence electrons. The first-order chi connectivity index (χ1) is 10.1. The summed E-state index contributed by atoms with van der Waals surface area (Å²) in [7, 11) is 1.95. The molecule has 0 spiro atoms. The Morgan fingerprint density at radius 3 is 2.76 bits per heavy atom. The summed E-state index contributed by atoms with van der Waals surface area (Å²) in [5, 5.41) is 3.17. The number of rotatable bonds is 7. The second kappa shape index (κ2) is 7.52. The maximum atomic E-state index is 5.85. The van der Waals surface area contributed by atoms with E-state index in [2.05, 4.69) is 35.2 Å². The maximum absolute atomic E-state index is 5.85. The molecule has 0 aliphatic heterocycles. The molecule has 2 aromatic rings. The molecule has 2 heterocycles. The van der Waals surface area contributed by atoms with E-state index >= 15 is 0 Å². The summed E-state index contributed by atoms with van der Waals surface area (Å²) in [6, 6.07) is 4.16. The van der Waals surface area contributed by atoms with Crippen LogP contribution in [0.2, 0.25) is 0 Å². The van der Waals surface area contributed by atoms with Crippen LogP contribution in [0.4, 0.5) is 0 Å². The zero-order valence-electron chi connectivity index (χ0n) is 13.1. The summed E-state index contributed by atoms with van der Waals surface area (Å²) in [5.74, 6) is 1.11. The highest BCUT2D eigenvalue weighted by atomic mass is 32.1. The Hall–Kier alpha value is -1.46. The Labute approximate surface area is 130 Å². The lowest BCUT2D eigenvalue weighted by molar-refractivity contribution is 0.308. The number of hydrogen-bond donors (Lipinski definition) is 1. The van der Waals surface area contributed by atoms with Crippen LogP contribution in [0.15, 0.2) is 17.6 Å². The lowest BCUT2D eigenvalue weighted by atomic mass is 10.1. The Kier molecular flexibility index (Phi) is 5.70. The maximum Gasteiger partial charge on any atom is 0.213 e. The molecule has 0 saturated heterocycles. The van der Waals surface area contributed by atoms with Crippen molar-refractivity contribution in [1.82, 2.24) is 15.3 Å². The third-order valence-corrected chi connectivity index (χ3v) is 4.27. The minimum atomic E-state index is 0.396. The SMILES string of the molecule is CNCc1cc(OCCc2scnc2C)nc(C(C)C)c1. The molecular weight excluding hydrogens is 282 g/mol. The first kappa shape index (κ1) is 15.9. The summed E-state index contributed by atoms with van der Waals surface area (Å²) < 4.78 is 5.85. The predicted molar refractivity (Wildman–Crippen MR) is 87.1 cm³/mol. The van der Waals surface area contributed by atoms with Crippen molar-refractivity contribution in [2.24, 2.45) is 0 Å². The number of aryl methyl sites for hydroxylation is 1. The van der Waals surface area contributed by atoms with Crippen LogP contribution in [0.5, 0.6) is 5.88 Å². The molecule has 0 amide bonds. The molecule has 2 rings (SSSR count). The van der Waals surface area contributed by atoms with Gasteiger partial charge < -0.3 is 10.1 Å². The molecule has 1 N–H and O–H groups in total. The monoisotopic (exact) mass is 305 g/mol. The molecule has 5 heteroatoms. The van der Waals surface area contributed by atoms with Crippen molar-refractivity contribution in [3.63, 3.8) is 0 Å². The van der Waals surface area contributed by atoms with Gasteiger partial charge in [-0.3, -0.25) is 0 Å². The highest BCUT2D eigenvalue weighted by molar-refractivity contribution is 7.09. The molecule has 0 radical (unpaired) electrons. The Balaban J connectivity index is 2.02. The van der Waals surface area contributed by atoms with Gasteiger partial charge in [-0.1, -0.05) is 13.8 Å². The molecule has 21 heavy (non-hydrogen) atoms. The van der Waals surface area contributed by atoms with Crippen molar-refractivity contribution in [3.05, 3.63) is 39.5 Å². The summed E-state index contributed by atoms with van der Waals surface area (Å²) in [4.78, 5) is 10.1. The quantitative estimate of drug-likeness (QED) is 0.852. The summed E-state index contributed by atoms with van der Waals surface area (Å²) in [6.45, 7) is 7.80. The zero-order valence-corrected chi connectivity index (χ0v) is 14.0. The lowest BCUT2D eigenvalue weighted by Gasteiger charge is -2.12. The standard InChI is InChI=1S/C16H23N3OS/c1-11(2)14-7-13(9-17-4)8-16(19-14)20-6-5-15-12(3)18-10-21-15/h7-8,10-11,17H,5-6,9H2,1-4H3. The summed E-state index contributed by atoms with van der Waals surface area (Å²) >= 11 is 1.68. The van der Waals surface area contributed by atoms with Crippen molar-refractivity contribution in [2.45, 2.75) is 39.7 Å². The van der Waals surface area contributed by atoms with E-state index in [1.807, 2.05) is 25.5 Å². The molecule has 2 aromatic heterocycles. The van der Waals surface area contributed by atoms with Crippen molar-refractivity contribution in [2.75, 3.05) is 13.7 Å². The van der Waals surface area contributed by atoms with Gasteiger partial charge in [0.2, 0.25) is 5.88 Å². The Morgan fingerprint density at radius 1 is 1.33 bits per heavy atom. The van der Waals surface area contributed by atoms with Crippen LogP contribution in [0.1, 0.15) is 41.6 Å². The lowest BCUT2D eigenvalue weighted by Crippen LogP contribution is -2.09. The first-order valence-electron chi connectivity index (χ1n) is 7.27. The van der Waals surface area contributed by atoms with Crippen LogP contribution in [0.25, 0.3) is 0 Å². The molecule has 0 aliphatic rings. The Morgan fingerprint density at radius 2 is 2.14 bits per heavy atom. The molecule has 4 nitrogen and oxygen atoms in total. The van der Waals surface area contributed by atoms with E-state index in [0.717, 1.165) is 24.4 Å². The molecule has 0 aliphatic carbocycles. The van der Waals surface area contributed by atoms with Crippen LogP contribution < -0.4 is 10.1 Å². The second-order valence-corrected chi connectivity index (χ2v) is 6.32. The van der Waals surface area contributed by atoms with Gasteiger partial charge in [-0.05, 0) is 31.5 Å². The van der Waals surface area contributed by atoms with E-state index in [9.17, 15) is 0 Å². The molecular formula is C16H23N3OS. The normalized spacial score (nSPS) is 11.1. The number of hydrogen-bond acceptors (Lipinski definition) is 5. The van der Waals surface area contributed by atoms with E-state index in [-0.39, 0.29) is 0 Å².